The molecular formula is C13H17ClN4O2S. The minimum absolute atomic E-state index is 0. The van der Waals surface area contributed by atoms with Crippen LogP contribution >= 0.6 is 23.7 Å². The number of piperazine rings is 1. The first-order valence-electron chi connectivity index (χ1n) is 6.51. The summed E-state index contributed by atoms with van der Waals surface area (Å²) < 4.78 is 2.47. The largest absolute Gasteiger partial charge is 0.338 e. The van der Waals surface area contributed by atoms with Crippen LogP contribution < -0.4 is 10.7 Å². The molecular weight excluding hydrogens is 312 g/mol. The summed E-state index contributed by atoms with van der Waals surface area (Å²) in [6.45, 7) is 2.68. The molecule has 1 saturated heterocycles. The Morgan fingerprint density at radius 3 is 2.57 bits per heavy atom. The fourth-order valence-electron chi connectivity index (χ4n) is 2.37. The zero-order chi connectivity index (χ0) is 14.1. The van der Waals surface area contributed by atoms with E-state index in [0.717, 1.165) is 10.2 Å². The zero-order valence-corrected chi connectivity index (χ0v) is 13.0. The molecule has 114 valence electrons. The second kappa shape index (κ2) is 6.57. The van der Waals surface area contributed by atoms with Crippen LogP contribution in [0.4, 0.5) is 0 Å². The van der Waals surface area contributed by atoms with E-state index in [9.17, 15) is 9.59 Å². The average Bonchev–Trinajstić information content (AvgIpc) is 2.76. The highest BCUT2D eigenvalue weighted by atomic mass is 35.5. The fraction of sp³-hybridized carbons (Fsp3) is 0.385. The van der Waals surface area contributed by atoms with E-state index in [1.807, 2.05) is 24.3 Å². The number of nitrogens with zero attached hydrogens (tertiary/aromatic N) is 3. The smallest absolute Gasteiger partial charge is 0.308 e. The molecule has 21 heavy (non-hydrogen) atoms. The Balaban J connectivity index is 0.00000161. The van der Waals surface area contributed by atoms with Crippen LogP contribution in [0.1, 0.15) is 0 Å². The van der Waals surface area contributed by atoms with Crippen LogP contribution in [0.25, 0.3) is 10.2 Å². The van der Waals surface area contributed by atoms with Gasteiger partial charge in [-0.15, -0.1) is 12.4 Å². The molecule has 2 aromatic rings. The molecule has 1 fully saturated rings. The number of benzene rings is 1. The number of nitrogens with two attached hydrogens (primary N) is 1. The topological polar surface area (TPSA) is 71.6 Å². The van der Waals surface area contributed by atoms with Crippen molar-refractivity contribution >= 4 is 39.9 Å². The first-order valence-corrected chi connectivity index (χ1v) is 7.32. The van der Waals surface area contributed by atoms with Crippen LogP contribution in [-0.2, 0) is 11.3 Å². The van der Waals surface area contributed by atoms with E-state index < -0.39 is 0 Å². The summed E-state index contributed by atoms with van der Waals surface area (Å²) in [5.74, 6) is 5.65. The lowest BCUT2D eigenvalue weighted by molar-refractivity contribution is -0.133. The summed E-state index contributed by atoms with van der Waals surface area (Å²) >= 11 is 1.18. The van der Waals surface area contributed by atoms with Crippen LogP contribution in [0.2, 0.25) is 0 Å². The standard InChI is InChI=1S/C13H16N4O2S.ClH/c14-16-7-5-15(6-8-16)12(18)9-17-10-3-1-2-4-11(10)20-13(17)19;/h1-4H,5-9,14H2;1H. The van der Waals surface area contributed by atoms with Crippen molar-refractivity contribution in [3.05, 3.63) is 33.9 Å². The van der Waals surface area contributed by atoms with Gasteiger partial charge < -0.3 is 4.90 Å². The van der Waals surface area contributed by atoms with Gasteiger partial charge in [0.15, 0.2) is 0 Å². The maximum Gasteiger partial charge on any atom is 0.308 e. The minimum atomic E-state index is -0.0861. The molecule has 0 spiro atoms. The number of carbonyl (C=O) groups is 1. The van der Waals surface area contributed by atoms with Gasteiger partial charge in [-0.3, -0.25) is 20.0 Å². The third kappa shape index (κ3) is 3.26. The molecule has 0 atom stereocenters. The number of halogens is 1. The van der Waals surface area contributed by atoms with Gasteiger partial charge in [-0.25, -0.2) is 5.01 Å². The quantitative estimate of drug-likeness (QED) is 0.815. The fourth-order valence-corrected chi connectivity index (χ4v) is 3.26. The molecule has 0 bridgehead atoms. The maximum absolute atomic E-state index is 12.3. The van der Waals surface area contributed by atoms with Crippen molar-refractivity contribution < 1.29 is 4.79 Å². The van der Waals surface area contributed by atoms with Crippen LogP contribution in [0.5, 0.6) is 0 Å². The Morgan fingerprint density at radius 2 is 1.86 bits per heavy atom. The van der Waals surface area contributed by atoms with Crippen molar-refractivity contribution in [2.75, 3.05) is 26.2 Å². The number of carbonyl (C=O) groups excluding carboxylic acids is 1. The molecule has 0 unspecified atom stereocenters. The number of amides is 1. The van der Waals surface area contributed by atoms with Crippen molar-refractivity contribution in [3.8, 4) is 0 Å². The van der Waals surface area contributed by atoms with Crippen molar-refractivity contribution in [1.82, 2.24) is 14.5 Å². The molecule has 2 N–H and O–H groups in total. The molecule has 3 rings (SSSR count). The van der Waals surface area contributed by atoms with Crippen LogP contribution in [0.3, 0.4) is 0 Å². The number of para-hydroxylation sites is 1. The van der Waals surface area contributed by atoms with E-state index in [2.05, 4.69) is 0 Å². The summed E-state index contributed by atoms with van der Waals surface area (Å²) in [6.07, 6.45) is 0. The second-order valence-corrected chi connectivity index (χ2v) is 5.83. The number of thiazole rings is 1. The minimum Gasteiger partial charge on any atom is -0.338 e. The van der Waals surface area contributed by atoms with Gasteiger partial charge in [-0.1, -0.05) is 23.5 Å². The number of hydrazine groups is 1. The molecule has 2 heterocycles. The third-order valence-electron chi connectivity index (χ3n) is 3.53. The lowest BCUT2D eigenvalue weighted by atomic mass is 10.3. The van der Waals surface area contributed by atoms with Crippen LogP contribution in [0, 0.1) is 0 Å². The highest BCUT2D eigenvalue weighted by Crippen LogP contribution is 2.16. The van der Waals surface area contributed by atoms with E-state index in [-0.39, 0.29) is 29.7 Å². The van der Waals surface area contributed by atoms with Gasteiger partial charge in [-0.2, -0.15) is 0 Å². The van der Waals surface area contributed by atoms with Crippen molar-refractivity contribution in [2.45, 2.75) is 6.54 Å². The molecule has 1 aliphatic rings. The van der Waals surface area contributed by atoms with E-state index in [0.29, 0.717) is 26.2 Å². The summed E-state index contributed by atoms with van der Waals surface area (Å²) in [5.41, 5.74) is 0.827. The van der Waals surface area contributed by atoms with E-state index in [1.165, 1.54) is 11.3 Å². The molecule has 1 amide bonds. The van der Waals surface area contributed by atoms with Crippen molar-refractivity contribution in [1.29, 1.82) is 0 Å². The van der Waals surface area contributed by atoms with Gasteiger partial charge in [0.2, 0.25) is 5.91 Å². The summed E-state index contributed by atoms with van der Waals surface area (Å²) in [7, 11) is 0. The van der Waals surface area contributed by atoms with Gasteiger partial charge in [-0.05, 0) is 12.1 Å². The normalized spacial score (nSPS) is 16.0. The number of fused-ring (bicyclic) bond motifs is 1. The monoisotopic (exact) mass is 328 g/mol. The first kappa shape index (κ1) is 16.0. The van der Waals surface area contributed by atoms with Gasteiger partial charge in [0.1, 0.15) is 6.54 Å². The van der Waals surface area contributed by atoms with Crippen LogP contribution in [-0.4, -0.2) is 46.6 Å². The predicted octanol–water partition coefficient (Wildman–Crippen LogP) is 0.503. The number of rotatable bonds is 2. The number of aromatic nitrogens is 1. The zero-order valence-electron chi connectivity index (χ0n) is 11.4. The van der Waals surface area contributed by atoms with Gasteiger partial charge in [0.25, 0.3) is 0 Å². The molecule has 1 aromatic carbocycles. The Kier molecular flexibility index (Phi) is 5.00. The highest BCUT2D eigenvalue weighted by molar-refractivity contribution is 7.16. The molecule has 1 aromatic heterocycles. The van der Waals surface area contributed by atoms with Gasteiger partial charge in [0.05, 0.1) is 10.2 Å². The van der Waals surface area contributed by atoms with Crippen LogP contribution in [0.15, 0.2) is 29.1 Å². The average molecular weight is 329 g/mol. The molecule has 0 aliphatic carbocycles. The lowest BCUT2D eigenvalue weighted by Crippen LogP contribution is -2.52. The summed E-state index contributed by atoms with van der Waals surface area (Å²) in [6, 6.07) is 7.54. The molecule has 1 aliphatic heterocycles. The van der Waals surface area contributed by atoms with Gasteiger partial charge >= 0.3 is 4.87 Å². The van der Waals surface area contributed by atoms with Crippen molar-refractivity contribution in [2.24, 2.45) is 5.84 Å². The number of hydrogen-bond acceptors (Lipinski definition) is 5. The Bertz CT molecular complexity index is 691. The number of hydrogen-bond donors (Lipinski definition) is 1. The summed E-state index contributed by atoms with van der Waals surface area (Å²) in [5, 5.41) is 1.70. The maximum atomic E-state index is 12.3. The SMILES string of the molecule is Cl.NN1CCN(C(=O)Cn2c(=O)sc3ccccc32)CC1. The Hall–Kier alpha value is -1.41. The second-order valence-electron chi connectivity index (χ2n) is 4.84. The summed E-state index contributed by atoms with van der Waals surface area (Å²) in [4.78, 5) is 26.0. The van der Waals surface area contributed by atoms with Gasteiger partial charge in [0, 0.05) is 26.2 Å². The lowest BCUT2D eigenvalue weighted by Gasteiger charge is -2.32. The van der Waals surface area contributed by atoms with E-state index in [1.54, 1.807) is 14.5 Å². The molecule has 0 saturated carbocycles. The predicted molar refractivity (Wildman–Crippen MR) is 85.7 cm³/mol. The first-order chi connectivity index (χ1) is 9.65. The third-order valence-corrected chi connectivity index (χ3v) is 4.49. The molecule has 8 heteroatoms. The van der Waals surface area contributed by atoms with E-state index >= 15 is 0 Å². The molecule has 0 radical (unpaired) electrons. The highest BCUT2D eigenvalue weighted by Gasteiger charge is 2.20. The van der Waals surface area contributed by atoms with Crippen molar-refractivity contribution in [3.63, 3.8) is 0 Å². The van der Waals surface area contributed by atoms with E-state index in [4.69, 9.17) is 5.84 Å². The molecule has 6 nitrogen and oxygen atoms in total. The Labute approximate surface area is 132 Å². The Morgan fingerprint density at radius 1 is 1.19 bits per heavy atom.